The summed E-state index contributed by atoms with van der Waals surface area (Å²) in [6, 6.07) is 10.0. The molecule has 2 aliphatic rings. The molecular weight excluding hydrogens is 384 g/mol. The monoisotopic (exact) mass is 420 g/mol. The van der Waals surface area contributed by atoms with Crippen LogP contribution in [0.4, 0.5) is 4.79 Å². The van der Waals surface area contributed by atoms with Crippen molar-refractivity contribution in [1.82, 2.24) is 10.2 Å². The van der Waals surface area contributed by atoms with Crippen molar-refractivity contribution in [3.05, 3.63) is 35.9 Å². The molecule has 2 saturated heterocycles. The fraction of sp³-hybridized carbons (Fsp3) is 0.696. The van der Waals surface area contributed by atoms with Gasteiger partial charge in [-0.3, -0.25) is 0 Å². The second-order valence-corrected chi connectivity index (χ2v) is 8.64. The molecule has 0 aliphatic carbocycles. The average Bonchev–Trinajstić information content (AvgIpc) is 3.35. The molecule has 7 nitrogen and oxygen atoms in total. The number of nitrogens with one attached hydrogen (secondary N) is 1. The number of hydrogen-bond acceptors (Lipinski definition) is 6. The number of fused-ring (bicyclic) bond motifs is 1. The van der Waals surface area contributed by atoms with Crippen LogP contribution in [0.1, 0.15) is 25.8 Å². The van der Waals surface area contributed by atoms with Gasteiger partial charge in [0.25, 0.3) is 0 Å². The van der Waals surface area contributed by atoms with E-state index < -0.39 is 0 Å². The van der Waals surface area contributed by atoms with Gasteiger partial charge in [-0.1, -0.05) is 44.2 Å². The maximum absolute atomic E-state index is 13.1. The van der Waals surface area contributed by atoms with Gasteiger partial charge in [-0.05, 0) is 30.9 Å². The number of methoxy groups -OCH3 is 1. The lowest BCUT2D eigenvalue weighted by molar-refractivity contribution is -0.0907. The lowest BCUT2D eigenvalue weighted by Crippen LogP contribution is -2.51. The molecule has 0 radical (unpaired) electrons. The van der Waals surface area contributed by atoms with Gasteiger partial charge >= 0.3 is 6.09 Å². The van der Waals surface area contributed by atoms with Crippen molar-refractivity contribution in [2.24, 2.45) is 11.8 Å². The molecule has 0 saturated carbocycles. The van der Waals surface area contributed by atoms with Crippen molar-refractivity contribution in [3.63, 3.8) is 0 Å². The van der Waals surface area contributed by atoms with E-state index in [-0.39, 0.29) is 36.6 Å². The van der Waals surface area contributed by atoms with E-state index in [2.05, 4.69) is 31.3 Å². The number of nitrogens with zero attached hydrogens (tertiary/aromatic N) is 1. The first-order chi connectivity index (χ1) is 14.5. The Balaban J connectivity index is 1.67. The highest BCUT2D eigenvalue weighted by Crippen LogP contribution is 2.33. The van der Waals surface area contributed by atoms with Gasteiger partial charge in [-0.15, -0.1) is 0 Å². The van der Waals surface area contributed by atoms with Crippen molar-refractivity contribution in [2.75, 3.05) is 40.5 Å². The van der Waals surface area contributed by atoms with Crippen molar-refractivity contribution in [2.45, 2.75) is 51.2 Å². The first-order valence-corrected chi connectivity index (χ1v) is 10.9. The summed E-state index contributed by atoms with van der Waals surface area (Å²) in [6.45, 7) is 6.95. The molecule has 1 N–H and O–H groups in total. The first kappa shape index (κ1) is 23.0. The van der Waals surface area contributed by atoms with E-state index in [1.54, 1.807) is 19.1 Å². The van der Waals surface area contributed by atoms with Crippen LogP contribution in [0.2, 0.25) is 0 Å². The number of likely N-dealkylation sites (N-methyl/N-ethyl adjacent to an activating group) is 1. The summed E-state index contributed by atoms with van der Waals surface area (Å²) in [5.74, 6) is 0.669. The normalized spacial score (nSPS) is 25.2. The highest BCUT2D eigenvalue weighted by molar-refractivity contribution is 5.68. The number of amides is 1. The molecule has 5 atom stereocenters. The molecule has 0 aromatic heterocycles. The molecule has 0 spiro atoms. The molecule has 0 bridgehead atoms. The van der Waals surface area contributed by atoms with Crippen LogP contribution in [-0.4, -0.2) is 76.0 Å². The molecular formula is C23H36N2O5. The zero-order chi connectivity index (χ0) is 21.5. The molecule has 3 rings (SSSR count). The predicted octanol–water partition coefficient (Wildman–Crippen LogP) is 2.69. The minimum atomic E-state index is -0.344. The number of carbonyl (C=O) groups excluding carboxylic acids is 1. The molecule has 168 valence electrons. The third-order valence-corrected chi connectivity index (χ3v) is 5.94. The highest BCUT2D eigenvalue weighted by Gasteiger charge is 2.44. The maximum atomic E-state index is 13.1. The molecule has 7 heteroatoms. The lowest BCUT2D eigenvalue weighted by Gasteiger charge is -2.34. The second-order valence-electron chi connectivity index (χ2n) is 8.64. The summed E-state index contributed by atoms with van der Waals surface area (Å²) >= 11 is 0. The Morgan fingerprint density at radius 2 is 2.00 bits per heavy atom. The van der Waals surface area contributed by atoms with Crippen molar-refractivity contribution >= 4 is 6.09 Å². The zero-order valence-electron chi connectivity index (χ0n) is 18.6. The summed E-state index contributed by atoms with van der Waals surface area (Å²) in [6.07, 6.45) is 0.543. The number of rotatable bonds is 10. The fourth-order valence-corrected chi connectivity index (χ4v) is 4.16. The minimum absolute atomic E-state index is 0.126. The molecule has 1 aromatic rings. The van der Waals surface area contributed by atoms with Gasteiger partial charge in [0.05, 0.1) is 31.3 Å². The largest absolute Gasteiger partial charge is 0.443 e. The highest BCUT2D eigenvalue weighted by atomic mass is 16.7. The van der Waals surface area contributed by atoms with E-state index in [9.17, 15) is 4.79 Å². The van der Waals surface area contributed by atoms with Gasteiger partial charge in [-0.25, -0.2) is 4.79 Å². The Labute approximate surface area is 180 Å². The topological polar surface area (TPSA) is 69.3 Å². The molecule has 0 unspecified atom stereocenters. The molecule has 1 amide bonds. The fourth-order valence-electron chi connectivity index (χ4n) is 4.16. The first-order valence-electron chi connectivity index (χ1n) is 10.9. The zero-order valence-corrected chi connectivity index (χ0v) is 18.6. The maximum Gasteiger partial charge on any atom is 0.410 e. The van der Waals surface area contributed by atoms with Gasteiger partial charge in [0.15, 0.2) is 6.29 Å². The summed E-state index contributed by atoms with van der Waals surface area (Å²) < 4.78 is 22.8. The van der Waals surface area contributed by atoms with E-state index in [0.717, 1.165) is 18.5 Å². The summed E-state index contributed by atoms with van der Waals surface area (Å²) in [4.78, 5) is 14.7. The SMILES string of the molecule is CO[C@H](CNCC(C)C)[C@H](Cc1ccccc1)N(C)C(=O)O[C@H]1CO[C@H]2OCC[C@H]21. The van der Waals surface area contributed by atoms with Gasteiger partial charge in [0.2, 0.25) is 0 Å². The van der Waals surface area contributed by atoms with Crippen LogP contribution in [0.25, 0.3) is 0 Å². The summed E-state index contributed by atoms with van der Waals surface area (Å²) in [5.41, 5.74) is 1.15. The molecule has 2 fully saturated rings. The van der Waals surface area contributed by atoms with E-state index in [0.29, 0.717) is 32.1 Å². The van der Waals surface area contributed by atoms with E-state index >= 15 is 0 Å². The summed E-state index contributed by atoms with van der Waals surface area (Å²) in [7, 11) is 3.49. The second kappa shape index (κ2) is 11.1. The predicted molar refractivity (Wildman–Crippen MR) is 114 cm³/mol. The molecule has 30 heavy (non-hydrogen) atoms. The Morgan fingerprint density at radius 3 is 2.70 bits per heavy atom. The number of ether oxygens (including phenoxy) is 4. The molecule has 1 aromatic carbocycles. The number of carbonyl (C=O) groups is 1. The van der Waals surface area contributed by atoms with Crippen LogP contribution in [0.3, 0.4) is 0 Å². The Hall–Kier alpha value is -1.67. The van der Waals surface area contributed by atoms with Crippen molar-refractivity contribution in [3.8, 4) is 0 Å². The van der Waals surface area contributed by atoms with Gasteiger partial charge < -0.3 is 29.2 Å². The third kappa shape index (κ3) is 5.94. The standard InChI is InChI=1S/C23H36N2O5/c1-16(2)13-24-14-20(27-4)19(12-17-8-6-5-7-9-17)25(3)23(26)30-21-15-29-22-18(21)10-11-28-22/h5-9,16,18-22,24H,10-15H2,1-4H3/t18-,19-,20+,21-,22+/m0/s1. The van der Waals surface area contributed by atoms with Crippen molar-refractivity contribution in [1.29, 1.82) is 0 Å². The Bertz CT molecular complexity index is 656. The Kier molecular flexibility index (Phi) is 8.50. The van der Waals surface area contributed by atoms with Crippen LogP contribution in [-0.2, 0) is 25.4 Å². The smallest absolute Gasteiger partial charge is 0.410 e. The Morgan fingerprint density at radius 1 is 1.23 bits per heavy atom. The van der Waals surface area contributed by atoms with E-state index in [4.69, 9.17) is 18.9 Å². The van der Waals surface area contributed by atoms with Gasteiger partial charge in [-0.2, -0.15) is 0 Å². The average molecular weight is 421 g/mol. The van der Waals surface area contributed by atoms with Crippen LogP contribution in [0.15, 0.2) is 30.3 Å². The van der Waals surface area contributed by atoms with Crippen molar-refractivity contribution < 1.29 is 23.7 Å². The van der Waals surface area contributed by atoms with E-state index in [1.807, 2.05) is 18.2 Å². The summed E-state index contributed by atoms with van der Waals surface area (Å²) in [5, 5.41) is 3.46. The minimum Gasteiger partial charge on any atom is -0.443 e. The molecule has 2 heterocycles. The van der Waals surface area contributed by atoms with Crippen LogP contribution >= 0.6 is 0 Å². The lowest BCUT2D eigenvalue weighted by atomic mass is 9.99. The number of hydrogen-bond donors (Lipinski definition) is 1. The molecule has 2 aliphatic heterocycles. The number of benzene rings is 1. The van der Waals surface area contributed by atoms with E-state index in [1.165, 1.54) is 0 Å². The van der Waals surface area contributed by atoms with Gasteiger partial charge in [0, 0.05) is 20.7 Å². The van der Waals surface area contributed by atoms with Crippen LogP contribution < -0.4 is 5.32 Å². The third-order valence-electron chi connectivity index (χ3n) is 5.94. The van der Waals surface area contributed by atoms with Crippen LogP contribution in [0.5, 0.6) is 0 Å². The quantitative estimate of drug-likeness (QED) is 0.628. The van der Waals surface area contributed by atoms with Crippen LogP contribution in [0, 0.1) is 11.8 Å². The van der Waals surface area contributed by atoms with Gasteiger partial charge in [0.1, 0.15) is 6.10 Å².